The van der Waals surface area contributed by atoms with Crippen molar-refractivity contribution < 1.29 is 5.11 Å². The Hall–Kier alpha value is -1.13. The number of aryl methyl sites for hydroxylation is 1. The van der Waals surface area contributed by atoms with Crippen LogP contribution in [0.2, 0.25) is 0 Å². The van der Waals surface area contributed by atoms with E-state index in [4.69, 9.17) is 18.0 Å². The minimum absolute atomic E-state index is 0.120. The largest absolute Gasteiger partial charge is 0.393 e. The van der Waals surface area contributed by atoms with Crippen molar-refractivity contribution in [3.63, 3.8) is 0 Å². The highest BCUT2D eigenvalue weighted by Crippen LogP contribution is 2.39. The molecule has 0 aliphatic carbocycles. The van der Waals surface area contributed by atoms with Gasteiger partial charge in [-0.05, 0) is 56.4 Å². The number of hydrogen-bond acceptors (Lipinski definition) is 3. The summed E-state index contributed by atoms with van der Waals surface area (Å²) in [4.78, 5) is 2.95. The fraction of sp³-hybridized carbons (Fsp3) is 0.533. The standard InChI is InChI=1S/C15H20N2OS/c1-9-6-10(4-5-14(9)15(16)19)17-11-2-3-12(17)8-13(18)7-11/h4-6,11-13,18H,2-3,7-8H2,1H3,(H2,16,19). The summed E-state index contributed by atoms with van der Waals surface area (Å²) in [7, 11) is 0. The minimum atomic E-state index is -0.120. The molecule has 2 aliphatic heterocycles. The maximum atomic E-state index is 9.87. The predicted octanol–water partition coefficient (Wildman–Crippen LogP) is 2.12. The summed E-state index contributed by atoms with van der Waals surface area (Å²) < 4.78 is 0. The van der Waals surface area contributed by atoms with E-state index in [1.54, 1.807) is 0 Å². The van der Waals surface area contributed by atoms with E-state index in [1.165, 1.54) is 18.5 Å². The Labute approximate surface area is 119 Å². The monoisotopic (exact) mass is 276 g/mol. The van der Waals surface area contributed by atoms with Crippen LogP contribution in [-0.2, 0) is 0 Å². The third-order valence-corrected chi connectivity index (χ3v) is 4.70. The molecule has 2 atom stereocenters. The van der Waals surface area contributed by atoms with Gasteiger partial charge in [-0.1, -0.05) is 12.2 Å². The van der Waals surface area contributed by atoms with Crippen molar-refractivity contribution in [3.8, 4) is 0 Å². The van der Waals surface area contributed by atoms with E-state index in [0.717, 1.165) is 24.0 Å². The molecule has 1 aromatic rings. The molecule has 2 aliphatic rings. The molecule has 3 N–H and O–H groups in total. The van der Waals surface area contributed by atoms with Gasteiger partial charge in [0.2, 0.25) is 0 Å². The Morgan fingerprint density at radius 2 is 1.95 bits per heavy atom. The Bertz CT molecular complexity index is 503. The Morgan fingerprint density at radius 1 is 1.32 bits per heavy atom. The summed E-state index contributed by atoms with van der Waals surface area (Å²) >= 11 is 5.05. The van der Waals surface area contributed by atoms with E-state index >= 15 is 0 Å². The SMILES string of the molecule is Cc1cc(N2C3CCC2CC(O)C3)ccc1C(N)=S. The smallest absolute Gasteiger partial charge is 0.104 e. The minimum Gasteiger partial charge on any atom is -0.393 e. The van der Waals surface area contributed by atoms with Crippen LogP contribution in [0.4, 0.5) is 5.69 Å². The van der Waals surface area contributed by atoms with Crippen molar-refractivity contribution in [1.82, 2.24) is 0 Å². The average Bonchev–Trinajstić information content (AvgIpc) is 2.61. The summed E-state index contributed by atoms with van der Waals surface area (Å²) in [6.07, 6.45) is 4.06. The van der Waals surface area contributed by atoms with E-state index in [2.05, 4.69) is 24.0 Å². The molecule has 2 fully saturated rings. The summed E-state index contributed by atoms with van der Waals surface area (Å²) in [5.41, 5.74) is 9.06. The van der Waals surface area contributed by atoms with Gasteiger partial charge in [-0.15, -0.1) is 0 Å². The second kappa shape index (κ2) is 4.76. The summed E-state index contributed by atoms with van der Waals surface area (Å²) in [5, 5.41) is 9.87. The van der Waals surface area contributed by atoms with Gasteiger partial charge in [0.15, 0.2) is 0 Å². The fourth-order valence-electron chi connectivity index (χ4n) is 3.65. The lowest BCUT2D eigenvalue weighted by Gasteiger charge is -2.39. The zero-order valence-electron chi connectivity index (χ0n) is 11.2. The van der Waals surface area contributed by atoms with Crippen LogP contribution in [0.3, 0.4) is 0 Å². The lowest BCUT2D eigenvalue weighted by atomic mass is 9.98. The van der Waals surface area contributed by atoms with Crippen LogP contribution in [0.15, 0.2) is 18.2 Å². The molecule has 2 unspecified atom stereocenters. The van der Waals surface area contributed by atoms with Crippen molar-refractivity contribution in [3.05, 3.63) is 29.3 Å². The van der Waals surface area contributed by atoms with E-state index in [-0.39, 0.29) is 6.10 Å². The molecule has 2 bridgehead atoms. The van der Waals surface area contributed by atoms with Crippen LogP contribution in [0, 0.1) is 6.92 Å². The average molecular weight is 276 g/mol. The van der Waals surface area contributed by atoms with Crippen LogP contribution in [0.25, 0.3) is 0 Å². The topological polar surface area (TPSA) is 49.5 Å². The zero-order chi connectivity index (χ0) is 13.6. The van der Waals surface area contributed by atoms with Gasteiger partial charge in [0, 0.05) is 23.3 Å². The van der Waals surface area contributed by atoms with Gasteiger partial charge in [0.25, 0.3) is 0 Å². The molecule has 0 aromatic heterocycles. The van der Waals surface area contributed by atoms with Crippen LogP contribution in [0.5, 0.6) is 0 Å². The molecule has 0 spiro atoms. The molecule has 2 heterocycles. The Balaban J connectivity index is 1.91. The molecule has 0 amide bonds. The number of nitrogens with zero attached hydrogens (tertiary/aromatic N) is 1. The number of benzene rings is 1. The second-order valence-electron chi connectivity index (χ2n) is 5.78. The molecule has 1 aromatic carbocycles. The molecule has 0 radical (unpaired) electrons. The van der Waals surface area contributed by atoms with Gasteiger partial charge in [-0.2, -0.15) is 0 Å². The Morgan fingerprint density at radius 3 is 2.47 bits per heavy atom. The first-order chi connectivity index (χ1) is 9.06. The van der Waals surface area contributed by atoms with Crippen molar-refractivity contribution in [2.75, 3.05) is 4.90 Å². The third-order valence-electron chi connectivity index (χ3n) is 4.48. The number of aliphatic hydroxyl groups is 1. The first-order valence-corrected chi connectivity index (χ1v) is 7.34. The molecular formula is C15H20N2OS. The molecule has 19 heavy (non-hydrogen) atoms. The maximum Gasteiger partial charge on any atom is 0.104 e. The molecular weight excluding hydrogens is 256 g/mol. The number of hydrogen-bond donors (Lipinski definition) is 2. The van der Waals surface area contributed by atoms with Gasteiger partial charge in [0.1, 0.15) is 4.99 Å². The normalized spacial score (nSPS) is 29.6. The zero-order valence-corrected chi connectivity index (χ0v) is 12.0. The molecule has 102 valence electrons. The molecule has 3 nitrogen and oxygen atoms in total. The molecule has 0 saturated carbocycles. The van der Waals surface area contributed by atoms with E-state index < -0.39 is 0 Å². The van der Waals surface area contributed by atoms with Gasteiger partial charge < -0.3 is 15.7 Å². The molecule has 2 saturated heterocycles. The third kappa shape index (κ3) is 2.23. The van der Waals surface area contributed by atoms with Crippen LogP contribution < -0.4 is 10.6 Å². The van der Waals surface area contributed by atoms with Crippen LogP contribution in [0.1, 0.15) is 36.8 Å². The van der Waals surface area contributed by atoms with Crippen molar-refractivity contribution in [1.29, 1.82) is 0 Å². The number of fused-ring (bicyclic) bond motifs is 2. The van der Waals surface area contributed by atoms with Crippen LogP contribution in [-0.4, -0.2) is 28.3 Å². The first-order valence-electron chi connectivity index (χ1n) is 6.93. The van der Waals surface area contributed by atoms with Crippen LogP contribution >= 0.6 is 12.2 Å². The van der Waals surface area contributed by atoms with Crippen molar-refractivity contribution >= 4 is 22.9 Å². The Kier molecular flexibility index (Phi) is 3.23. The van der Waals surface area contributed by atoms with E-state index in [9.17, 15) is 5.11 Å². The number of rotatable bonds is 2. The summed E-state index contributed by atoms with van der Waals surface area (Å²) in [6, 6.07) is 7.30. The lowest BCUT2D eigenvalue weighted by Crippen LogP contribution is -2.44. The summed E-state index contributed by atoms with van der Waals surface area (Å²) in [5.74, 6) is 0. The highest BCUT2D eigenvalue weighted by atomic mass is 32.1. The molecule has 4 heteroatoms. The lowest BCUT2D eigenvalue weighted by molar-refractivity contribution is 0.126. The fourth-order valence-corrected chi connectivity index (χ4v) is 3.88. The number of piperidine rings is 1. The van der Waals surface area contributed by atoms with Gasteiger partial charge in [-0.3, -0.25) is 0 Å². The maximum absolute atomic E-state index is 9.87. The van der Waals surface area contributed by atoms with E-state index in [1.807, 2.05) is 6.07 Å². The van der Waals surface area contributed by atoms with Crippen molar-refractivity contribution in [2.24, 2.45) is 5.73 Å². The highest BCUT2D eigenvalue weighted by molar-refractivity contribution is 7.80. The van der Waals surface area contributed by atoms with Gasteiger partial charge in [0.05, 0.1) is 6.10 Å². The quantitative estimate of drug-likeness (QED) is 0.812. The number of aliphatic hydroxyl groups excluding tert-OH is 1. The van der Waals surface area contributed by atoms with Gasteiger partial charge in [-0.25, -0.2) is 0 Å². The van der Waals surface area contributed by atoms with Gasteiger partial charge >= 0.3 is 0 Å². The molecule has 3 rings (SSSR count). The number of nitrogens with two attached hydrogens (primary N) is 1. The number of thiocarbonyl (C=S) groups is 1. The van der Waals surface area contributed by atoms with Crippen molar-refractivity contribution in [2.45, 2.75) is 50.8 Å². The highest BCUT2D eigenvalue weighted by Gasteiger charge is 2.40. The first kappa shape index (κ1) is 12.9. The number of anilines is 1. The second-order valence-corrected chi connectivity index (χ2v) is 6.22. The predicted molar refractivity (Wildman–Crippen MR) is 81.6 cm³/mol. The van der Waals surface area contributed by atoms with E-state index in [0.29, 0.717) is 17.1 Å². The summed E-state index contributed by atoms with van der Waals surface area (Å²) in [6.45, 7) is 2.05.